The number of aliphatic carboxylic acids is 1. The average Bonchev–Trinajstić information content (AvgIpc) is 1.87. The largest absolute Gasteiger partial charge is 0.545 e. The zero-order chi connectivity index (χ0) is 9.02. The van der Waals surface area contributed by atoms with Gasteiger partial charge in [-0.05, 0) is 6.92 Å². The summed E-state index contributed by atoms with van der Waals surface area (Å²) in [5, 5.41) is 20.1. The number of aliphatic hydroxyl groups excluding tert-OH is 1. The van der Waals surface area contributed by atoms with Gasteiger partial charge in [0.2, 0.25) is 5.91 Å². The Bertz CT molecular complexity index is 199. The van der Waals surface area contributed by atoms with Crippen LogP contribution in [0.25, 0.3) is 0 Å². The molecule has 11 heavy (non-hydrogen) atoms. The number of hydrogen-bond donors (Lipinski definition) is 2. The summed E-state index contributed by atoms with van der Waals surface area (Å²) >= 11 is 0. The Balaban J connectivity index is 3.95. The van der Waals surface area contributed by atoms with Crippen molar-refractivity contribution in [1.82, 2.24) is 5.32 Å². The molecule has 5 nitrogen and oxygen atoms in total. The minimum atomic E-state index is -1.97. The van der Waals surface area contributed by atoms with Crippen molar-refractivity contribution in [3.63, 3.8) is 0 Å². The van der Waals surface area contributed by atoms with E-state index in [1.165, 1.54) is 6.92 Å². The molecule has 2 N–H and O–H groups in total. The highest BCUT2D eigenvalue weighted by atomic mass is 16.4. The number of carbonyl (C=O) groups is 2. The lowest BCUT2D eigenvalue weighted by molar-refractivity contribution is -0.316. The summed E-state index contributed by atoms with van der Waals surface area (Å²) < 4.78 is 0. The SMILES string of the molecule is C=C(C)C(=O)NC(O)C(=O)[O-]. The molecule has 1 amide bonds. The van der Waals surface area contributed by atoms with Crippen LogP contribution in [0.5, 0.6) is 0 Å². The van der Waals surface area contributed by atoms with E-state index in [4.69, 9.17) is 5.11 Å². The van der Waals surface area contributed by atoms with Crippen LogP contribution in [0.4, 0.5) is 0 Å². The van der Waals surface area contributed by atoms with Crippen LogP contribution in [0.15, 0.2) is 12.2 Å². The van der Waals surface area contributed by atoms with Gasteiger partial charge in [0.05, 0.1) is 5.97 Å². The minimum absolute atomic E-state index is 0.116. The Morgan fingerprint density at radius 1 is 1.64 bits per heavy atom. The van der Waals surface area contributed by atoms with E-state index >= 15 is 0 Å². The molecule has 0 heterocycles. The third-order valence-corrected chi connectivity index (χ3v) is 0.879. The third kappa shape index (κ3) is 3.36. The van der Waals surface area contributed by atoms with Crippen molar-refractivity contribution in [3.05, 3.63) is 12.2 Å². The van der Waals surface area contributed by atoms with E-state index in [1.807, 2.05) is 0 Å². The van der Waals surface area contributed by atoms with E-state index in [-0.39, 0.29) is 5.57 Å². The van der Waals surface area contributed by atoms with Crippen molar-refractivity contribution < 1.29 is 19.8 Å². The second-order valence-electron chi connectivity index (χ2n) is 1.98. The van der Waals surface area contributed by atoms with Gasteiger partial charge in [-0.1, -0.05) is 6.58 Å². The predicted octanol–water partition coefficient (Wildman–Crippen LogP) is -2.25. The van der Waals surface area contributed by atoms with E-state index in [0.29, 0.717) is 0 Å². The van der Waals surface area contributed by atoms with Gasteiger partial charge in [-0.3, -0.25) is 4.79 Å². The molecule has 0 aromatic rings. The molecule has 0 aliphatic heterocycles. The van der Waals surface area contributed by atoms with Crippen LogP contribution in [-0.2, 0) is 9.59 Å². The summed E-state index contributed by atoms with van der Waals surface area (Å²) in [4.78, 5) is 20.4. The number of aliphatic hydroxyl groups is 1. The summed E-state index contributed by atoms with van der Waals surface area (Å²) in [5.41, 5.74) is 0.116. The van der Waals surface area contributed by atoms with Crippen LogP contribution in [0.2, 0.25) is 0 Å². The lowest BCUT2D eigenvalue weighted by Gasteiger charge is -2.12. The Labute approximate surface area is 63.3 Å². The second-order valence-corrected chi connectivity index (χ2v) is 1.98. The van der Waals surface area contributed by atoms with E-state index in [2.05, 4.69) is 6.58 Å². The van der Waals surface area contributed by atoms with Crippen LogP contribution in [-0.4, -0.2) is 23.2 Å². The maximum Gasteiger partial charge on any atom is 0.248 e. The number of carbonyl (C=O) groups excluding carboxylic acids is 2. The minimum Gasteiger partial charge on any atom is -0.545 e. The Morgan fingerprint density at radius 3 is 2.36 bits per heavy atom. The van der Waals surface area contributed by atoms with E-state index in [1.54, 1.807) is 5.32 Å². The fourth-order valence-corrected chi connectivity index (χ4v) is 0.306. The molecule has 0 saturated carbocycles. The summed E-state index contributed by atoms with van der Waals surface area (Å²) in [7, 11) is 0. The smallest absolute Gasteiger partial charge is 0.248 e. The molecule has 0 aliphatic carbocycles. The van der Waals surface area contributed by atoms with Crippen LogP contribution < -0.4 is 10.4 Å². The van der Waals surface area contributed by atoms with Crippen LogP contribution >= 0.6 is 0 Å². The standard InChI is InChI=1S/C6H9NO4/c1-3(2)4(8)7-5(9)6(10)11/h5,9H,1H2,2H3,(H,7,8)(H,10,11)/p-1. The maximum absolute atomic E-state index is 10.6. The lowest BCUT2D eigenvalue weighted by Crippen LogP contribution is -2.47. The van der Waals surface area contributed by atoms with Crippen LogP contribution in [0, 0.1) is 0 Å². The zero-order valence-electron chi connectivity index (χ0n) is 5.96. The van der Waals surface area contributed by atoms with Crippen molar-refractivity contribution in [2.75, 3.05) is 0 Å². The Morgan fingerprint density at radius 2 is 2.09 bits per heavy atom. The molecule has 0 fully saturated rings. The molecular formula is C6H8NO4-. The van der Waals surface area contributed by atoms with Gasteiger partial charge in [0.15, 0.2) is 6.23 Å². The molecule has 0 saturated heterocycles. The molecule has 0 aliphatic rings. The van der Waals surface area contributed by atoms with E-state index in [9.17, 15) is 14.7 Å². The summed E-state index contributed by atoms with van der Waals surface area (Å²) in [6.07, 6.45) is -1.97. The normalized spacial score (nSPS) is 11.8. The van der Waals surface area contributed by atoms with Gasteiger partial charge >= 0.3 is 0 Å². The number of nitrogens with one attached hydrogen (secondary N) is 1. The fraction of sp³-hybridized carbons (Fsp3) is 0.333. The van der Waals surface area contributed by atoms with Gasteiger partial charge in [0, 0.05) is 5.57 Å². The number of amides is 1. The Kier molecular flexibility index (Phi) is 3.26. The quantitative estimate of drug-likeness (QED) is 0.358. The summed E-state index contributed by atoms with van der Waals surface area (Å²) in [6.45, 7) is 4.62. The van der Waals surface area contributed by atoms with Crippen molar-refractivity contribution in [3.8, 4) is 0 Å². The highest BCUT2D eigenvalue weighted by Gasteiger charge is 2.08. The molecule has 62 valence electrons. The van der Waals surface area contributed by atoms with Crippen molar-refractivity contribution >= 4 is 11.9 Å². The third-order valence-electron chi connectivity index (χ3n) is 0.879. The topological polar surface area (TPSA) is 89.5 Å². The predicted molar refractivity (Wildman–Crippen MR) is 34.0 cm³/mol. The first-order valence-corrected chi connectivity index (χ1v) is 2.80. The Hall–Kier alpha value is -1.36. The molecule has 1 atom stereocenters. The number of hydrogen-bond acceptors (Lipinski definition) is 4. The zero-order valence-corrected chi connectivity index (χ0v) is 5.96. The highest BCUT2D eigenvalue weighted by Crippen LogP contribution is 1.86. The molecule has 0 radical (unpaired) electrons. The molecule has 0 aromatic carbocycles. The van der Waals surface area contributed by atoms with Crippen molar-refractivity contribution in [1.29, 1.82) is 0 Å². The first-order chi connectivity index (χ1) is 4.95. The monoisotopic (exact) mass is 158 g/mol. The van der Waals surface area contributed by atoms with Gasteiger partial charge in [0.25, 0.3) is 0 Å². The van der Waals surface area contributed by atoms with Crippen molar-refractivity contribution in [2.45, 2.75) is 13.2 Å². The molecule has 0 spiro atoms. The fourth-order valence-electron chi connectivity index (χ4n) is 0.306. The maximum atomic E-state index is 10.6. The van der Waals surface area contributed by atoms with Gasteiger partial charge in [-0.15, -0.1) is 0 Å². The van der Waals surface area contributed by atoms with E-state index in [0.717, 1.165) is 0 Å². The molecular weight excluding hydrogens is 150 g/mol. The van der Waals surface area contributed by atoms with Gasteiger partial charge in [-0.25, -0.2) is 0 Å². The van der Waals surface area contributed by atoms with E-state index < -0.39 is 18.1 Å². The summed E-state index contributed by atoms with van der Waals surface area (Å²) in [5.74, 6) is -2.47. The molecule has 5 heteroatoms. The van der Waals surface area contributed by atoms with Gasteiger partial charge < -0.3 is 20.3 Å². The number of rotatable bonds is 3. The van der Waals surface area contributed by atoms with Gasteiger partial charge in [-0.2, -0.15) is 0 Å². The van der Waals surface area contributed by atoms with Crippen molar-refractivity contribution in [2.24, 2.45) is 0 Å². The first-order valence-electron chi connectivity index (χ1n) is 2.80. The molecule has 1 unspecified atom stereocenters. The summed E-state index contributed by atoms with van der Waals surface area (Å²) in [6, 6.07) is 0. The average molecular weight is 158 g/mol. The first kappa shape index (κ1) is 9.64. The number of carboxylic acids is 1. The molecule has 0 aromatic heterocycles. The lowest BCUT2D eigenvalue weighted by atomic mass is 10.3. The van der Waals surface area contributed by atoms with Crippen LogP contribution in [0.3, 0.4) is 0 Å². The molecule has 0 bridgehead atoms. The highest BCUT2D eigenvalue weighted by molar-refractivity contribution is 5.94. The van der Waals surface area contributed by atoms with Gasteiger partial charge in [0.1, 0.15) is 0 Å². The second kappa shape index (κ2) is 3.72. The number of carboxylic acid groups (broad SMARTS) is 1. The van der Waals surface area contributed by atoms with Crippen LogP contribution in [0.1, 0.15) is 6.92 Å². The molecule has 0 rings (SSSR count).